The molecule has 1 N–H and O–H groups in total. The van der Waals surface area contributed by atoms with E-state index in [1.807, 2.05) is 0 Å². The molecule has 1 saturated carbocycles. The molecule has 1 fully saturated rings. The van der Waals surface area contributed by atoms with Crippen LogP contribution in [0.5, 0.6) is 0 Å². The fourth-order valence-corrected chi connectivity index (χ4v) is 2.76. The Labute approximate surface area is 102 Å². The zero-order valence-corrected chi connectivity index (χ0v) is 11.8. The third kappa shape index (κ3) is 4.45. The second kappa shape index (κ2) is 6.64. The standard InChI is InChI=1S/C15H31N/c1-5-7-8-9-10-14(16-11-6-2)13-12-15(13,3)4/h13-14,16H,5-12H2,1-4H3. The van der Waals surface area contributed by atoms with E-state index in [-0.39, 0.29) is 0 Å². The van der Waals surface area contributed by atoms with Gasteiger partial charge in [0.2, 0.25) is 0 Å². The normalized spacial score (nSPS) is 24.4. The first-order valence-electron chi connectivity index (χ1n) is 7.35. The van der Waals surface area contributed by atoms with Gasteiger partial charge in [-0.05, 0) is 37.1 Å². The van der Waals surface area contributed by atoms with Crippen LogP contribution in [0.1, 0.15) is 72.6 Å². The molecule has 0 aromatic carbocycles. The number of nitrogens with one attached hydrogen (secondary N) is 1. The summed E-state index contributed by atoms with van der Waals surface area (Å²) in [6.07, 6.45) is 9.70. The van der Waals surface area contributed by atoms with Crippen molar-refractivity contribution in [2.45, 2.75) is 78.7 Å². The first-order chi connectivity index (χ1) is 7.61. The Hall–Kier alpha value is -0.0400. The van der Waals surface area contributed by atoms with E-state index in [1.165, 1.54) is 51.5 Å². The smallest absolute Gasteiger partial charge is 0.0101 e. The first-order valence-corrected chi connectivity index (χ1v) is 7.35. The van der Waals surface area contributed by atoms with Gasteiger partial charge in [0.1, 0.15) is 0 Å². The van der Waals surface area contributed by atoms with Crippen molar-refractivity contribution in [3.63, 3.8) is 0 Å². The molecule has 0 amide bonds. The third-order valence-corrected chi connectivity index (χ3v) is 4.10. The topological polar surface area (TPSA) is 12.0 Å². The Kier molecular flexibility index (Phi) is 5.82. The summed E-state index contributed by atoms with van der Waals surface area (Å²) in [5.41, 5.74) is 0.621. The zero-order valence-electron chi connectivity index (χ0n) is 11.8. The molecular formula is C15H31N. The fourth-order valence-electron chi connectivity index (χ4n) is 2.76. The van der Waals surface area contributed by atoms with E-state index in [9.17, 15) is 0 Å². The molecule has 0 aromatic heterocycles. The van der Waals surface area contributed by atoms with E-state index in [1.54, 1.807) is 0 Å². The largest absolute Gasteiger partial charge is 0.314 e. The summed E-state index contributed by atoms with van der Waals surface area (Å²) in [7, 11) is 0. The number of rotatable bonds is 9. The number of unbranched alkanes of at least 4 members (excludes halogenated alkanes) is 3. The molecule has 1 aliphatic rings. The highest BCUT2D eigenvalue weighted by Gasteiger charge is 2.49. The maximum Gasteiger partial charge on any atom is 0.0101 e. The summed E-state index contributed by atoms with van der Waals surface area (Å²) in [6, 6.07) is 0.798. The lowest BCUT2D eigenvalue weighted by atomic mass is 9.98. The fraction of sp³-hybridized carbons (Fsp3) is 1.00. The van der Waals surface area contributed by atoms with Crippen molar-refractivity contribution in [2.75, 3.05) is 6.54 Å². The molecule has 2 atom stereocenters. The minimum absolute atomic E-state index is 0.621. The molecule has 1 aliphatic carbocycles. The predicted octanol–water partition coefficient (Wildman–Crippen LogP) is 4.37. The van der Waals surface area contributed by atoms with E-state index >= 15 is 0 Å². The van der Waals surface area contributed by atoms with Gasteiger partial charge in [0.05, 0.1) is 0 Å². The molecule has 1 heteroatoms. The molecule has 0 saturated heterocycles. The van der Waals surface area contributed by atoms with Crippen molar-refractivity contribution in [2.24, 2.45) is 11.3 Å². The summed E-state index contributed by atoms with van der Waals surface area (Å²) in [4.78, 5) is 0. The van der Waals surface area contributed by atoms with Gasteiger partial charge in [0, 0.05) is 6.04 Å². The molecule has 1 rings (SSSR count). The van der Waals surface area contributed by atoms with Crippen LogP contribution in [0.3, 0.4) is 0 Å². The predicted molar refractivity (Wildman–Crippen MR) is 72.7 cm³/mol. The number of hydrogen-bond donors (Lipinski definition) is 1. The van der Waals surface area contributed by atoms with Crippen molar-refractivity contribution in [3.05, 3.63) is 0 Å². The van der Waals surface area contributed by atoms with Gasteiger partial charge in [0.25, 0.3) is 0 Å². The average molecular weight is 225 g/mol. The van der Waals surface area contributed by atoms with Gasteiger partial charge in [0.15, 0.2) is 0 Å². The second-order valence-corrected chi connectivity index (χ2v) is 6.21. The van der Waals surface area contributed by atoms with Crippen LogP contribution in [0.2, 0.25) is 0 Å². The average Bonchev–Trinajstić information content (AvgIpc) is 2.87. The van der Waals surface area contributed by atoms with Crippen LogP contribution in [0.25, 0.3) is 0 Å². The quantitative estimate of drug-likeness (QED) is 0.575. The first kappa shape index (κ1) is 14.0. The second-order valence-electron chi connectivity index (χ2n) is 6.21. The van der Waals surface area contributed by atoms with Crippen LogP contribution >= 0.6 is 0 Å². The lowest BCUT2D eigenvalue weighted by molar-refractivity contribution is 0.373. The summed E-state index contributed by atoms with van der Waals surface area (Å²) >= 11 is 0. The van der Waals surface area contributed by atoms with Gasteiger partial charge in [-0.25, -0.2) is 0 Å². The highest BCUT2D eigenvalue weighted by Crippen LogP contribution is 2.54. The van der Waals surface area contributed by atoms with E-state index < -0.39 is 0 Å². The molecule has 0 bridgehead atoms. The van der Waals surface area contributed by atoms with Crippen molar-refractivity contribution >= 4 is 0 Å². The molecule has 1 nitrogen and oxygen atoms in total. The van der Waals surface area contributed by atoms with Gasteiger partial charge >= 0.3 is 0 Å². The minimum Gasteiger partial charge on any atom is -0.314 e. The Morgan fingerprint density at radius 1 is 1.12 bits per heavy atom. The summed E-state index contributed by atoms with van der Waals surface area (Å²) in [6.45, 7) is 10.6. The van der Waals surface area contributed by atoms with Gasteiger partial charge in [-0.2, -0.15) is 0 Å². The van der Waals surface area contributed by atoms with Crippen LogP contribution < -0.4 is 5.32 Å². The third-order valence-electron chi connectivity index (χ3n) is 4.10. The van der Waals surface area contributed by atoms with E-state index in [4.69, 9.17) is 0 Å². The monoisotopic (exact) mass is 225 g/mol. The molecule has 0 aromatic rings. The summed E-state index contributed by atoms with van der Waals surface area (Å²) < 4.78 is 0. The molecule has 0 spiro atoms. The number of hydrogen-bond acceptors (Lipinski definition) is 1. The van der Waals surface area contributed by atoms with E-state index in [0.717, 1.165) is 12.0 Å². The molecular weight excluding hydrogens is 194 g/mol. The molecule has 0 heterocycles. The Morgan fingerprint density at radius 3 is 2.31 bits per heavy atom. The SMILES string of the molecule is CCCCCCC(NCCC)C1CC1(C)C. The molecule has 0 aliphatic heterocycles. The van der Waals surface area contributed by atoms with Crippen LogP contribution in [0.4, 0.5) is 0 Å². The Morgan fingerprint density at radius 2 is 1.81 bits per heavy atom. The zero-order chi connectivity index (χ0) is 12.0. The van der Waals surface area contributed by atoms with Gasteiger partial charge in [-0.15, -0.1) is 0 Å². The minimum atomic E-state index is 0.621. The molecule has 2 unspecified atom stereocenters. The Bertz CT molecular complexity index is 186. The lowest BCUT2D eigenvalue weighted by Gasteiger charge is -2.20. The summed E-state index contributed by atoms with van der Waals surface area (Å²) in [5, 5.41) is 3.76. The van der Waals surface area contributed by atoms with Crippen molar-refractivity contribution in [1.82, 2.24) is 5.32 Å². The van der Waals surface area contributed by atoms with Crippen LogP contribution in [0.15, 0.2) is 0 Å². The van der Waals surface area contributed by atoms with Gasteiger partial charge in [-0.1, -0.05) is 53.4 Å². The maximum absolute atomic E-state index is 3.76. The van der Waals surface area contributed by atoms with Gasteiger partial charge < -0.3 is 5.32 Å². The van der Waals surface area contributed by atoms with Crippen molar-refractivity contribution in [1.29, 1.82) is 0 Å². The summed E-state index contributed by atoms with van der Waals surface area (Å²) in [5.74, 6) is 0.945. The van der Waals surface area contributed by atoms with Crippen LogP contribution in [0, 0.1) is 11.3 Å². The highest BCUT2D eigenvalue weighted by molar-refractivity contribution is 5.01. The molecule has 0 radical (unpaired) electrons. The Balaban J connectivity index is 2.22. The molecule has 16 heavy (non-hydrogen) atoms. The van der Waals surface area contributed by atoms with Crippen molar-refractivity contribution in [3.8, 4) is 0 Å². The van der Waals surface area contributed by atoms with Crippen LogP contribution in [-0.4, -0.2) is 12.6 Å². The lowest BCUT2D eigenvalue weighted by Crippen LogP contribution is -2.33. The van der Waals surface area contributed by atoms with E-state index in [2.05, 4.69) is 33.0 Å². The van der Waals surface area contributed by atoms with Crippen LogP contribution in [-0.2, 0) is 0 Å². The highest BCUT2D eigenvalue weighted by atomic mass is 14.9. The van der Waals surface area contributed by atoms with Crippen molar-refractivity contribution < 1.29 is 0 Å². The van der Waals surface area contributed by atoms with Gasteiger partial charge in [-0.3, -0.25) is 0 Å². The maximum atomic E-state index is 3.76. The molecule has 96 valence electrons. The van der Waals surface area contributed by atoms with E-state index in [0.29, 0.717) is 5.41 Å².